The van der Waals surface area contributed by atoms with E-state index in [-0.39, 0.29) is 12.1 Å². The molecule has 2 aromatic rings. The van der Waals surface area contributed by atoms with Gasteiger partial charge < -0.3 is 14.6 Å². The number of nitrogens with one attached hydrogen (secondary N) is 1. The topological polar surface area (TPSA) is 69.1 Å². The molecule has 1 amide bonds. The van der Waals surface area contributed by atoms with Gasteiger partial charge in [0.2, 0.25) is 0 Å². The van der Waals surface area contributed by atoms with Crippen LogP contribution >= 0.6 is 0 Å². The van der Waals surface area contributed by atoms with Crippen molar-refractivity contribution >= 4 is 17.0 Å². The quantitative estimate of drug-likeness (QED) is 0.870. The molecule has 24 heavy (non-hydrogen) atoms. The predicted octanol–water partition coefficient (Wildman–Crippen LogP) is 3.77. The van der Waals surface area contributed by atoms with Crippen LogP contribution in [0.15, 0.2) is 18.2 Å². The van der Waals surface area contributed by atoms with Gasteiger partial charge in [-0.25, -0.2) is 4.79 Å². The van der Waals surface area contributed by atoms with Gasteiger partial charge in [-0.05, 0) is 49.4 Å². The number of amides is 1. The Kier molecular flexibility index (Phi) is 4.75. The second kappa shape index (κ2) is 6.96. The van der Waals surface area contributed by atoms with Gasteiger partial charge in [0, 0.05) is 29.7 Å². The lowest BCUT2D eigenvalue weighted by molar-refractivity contribution is 0.0929. The molecule has 5 nitrogen and oxygen atoms in total. The van der Waals surface area contributed by atoms with Crippen molar-refractivity contribution in [3.8, 4) is 6.07 Å². The van der Waals surface area contributed by atoms with Crippen molar-refractivity contribution in [2.45, 2.75) is 45.1 Å². The molecule has 126 valence electrons. The monoisotopic (exact) mass is 325 g/mol. The molecular formula is C19H23N3O2. The normalized spacial score (nSPS) is 16.5. The van der Waals surface area contributed by atoms with Crippen LogP contribution in [0.3, 0.4) is 0 Å². The smallest absolute Gasteiger partial charge is 0.409 e. The van der Waals surface area contributed by atoms with Crippen molar-refractivity contribution in [3.05, 3.63) is 35.0 Å². The molecule has 0 radical (unpaired) electrons. The maximum absolute atomic E-state index is 12.2. The fourth-order valence-corrected chi connectivity index (χ4v) is 3.35. The lowest BCUT2D eigenvalue weighted by Crippen LogP contribution is -2.41. The molecule has 1 unspecified atom stereocenters. The highest BCUT2D eigenvalue weighted by molar-refractivity contribution is 5.86. The van der Waals surface area contributed by atoms with E-state index in [1.54, 1.807) is 4.90 Å². The van der Waals surface area contributed by atoms with Crippen molar-refractivity contribution in [1.29, 1.82) is 5.26 Å². The first kappa shape index (κ1) is 16.4. The van der Waals surface area contributed by atoms with Gasteiger partial charge in [0.15, 0.2) is 0 Å². The average molecular weight is 325 g/mol. The standard InChI is InChI=1S/C19H23N3O2/c1-3-4-9-24-19(23)22(2)14-6-8-18-16(11-14)15-10-13(12-20)5-7-17(15)21-18/h5,7,10,14,21H,3-4,6,8-9,11H2,1-2H3. The van der Waals surface area contributed by atoms with Gasteiger partial charge in [0.05, 0.1) is 18.2 Å². The summed E-state index contributed by atoms with van der Waals surface area (Å²) in [6, 6.07) is 8.07. The van der Waals surface area contributed by atoms with E-state index in [1.807, 2.05) is 25.2 Å². The number of hydrogen-bond acceptors (Lipinski definition) is 3. The summed E-state index contributed by atoms with van der Waals surface area (Å²) in [5, 5.41) is 10.2. The van der Waals surface area contributed by atoms with E-state index in [0.717, 1.165) is 43.0 Å². The summed E-state index contributed by atoms with van der Waals surface area (Å²) < 4.78 is 5.33. The second-order valence-corrected chi connectivity index (χ2v) is 6.43. The number of unbranched alkanes of at least 4 members (excludes halogenated alkanes) is 1. The average Bonchev–Trinajstić information content (AvgIpc) is 2.98. The molecule has 0 fully saturated rings. The van der Waals surface area contributed by atoms with Crippen molar-refractivity contribution in [3.63, 3.8) is 0 Å². The van der Waals surface area contributed by atoms with Gasteiger partial charge >= 0.3 is 6.09 Å². The highest BCUT2D eigenvalue weighted by Gasteiger charge is 2.28. The fraction of sp³-hybridized carbons (Fsp3) is 0.474. The number of aryl methyl sites for hydroxylation is 1. The van der Waals surface area contributed by atoms with E-state index >= 15 is 0 Å². The molecular weight excluding hydrogens is 302 g/mol. The van der Waals surface area contributed by atoms with Crippen molar-refractivity contribution in [2.75, 3.05) is 13.7 Å². The number of ether oxygens (including phenoxy) is 1. The molecule has 1 aliphatic rings. The number of fused-ring (bicyclic) bond motifs is 3. The van der Waals surface area contributed by atoms with Crippen LogP contribution in [0, 0.1) is 11.3 Å². The number of nitrogens with zero attached hydrogens (tertiary/aromatic N) is 2. The molecule has 0 spiro atoms. The summed E-state index contributed by atoms with van der Waals surface area (Å²) in [6.07, 6.45) is 4.29. The van der Waals surface area contributed by atoms with Crippen LogP contribution in [0.25, 0.3) is 10.9 Å². The predicted molar refractivity (Wildman–Crippen MR) is 92.8 cm³/mol. The zero-order valence-electron chi connectivity index (χ0n) is 14.3. The number of aromatic amines is 1. The molecule has 1 aromatic carbocycles. The first-order valence-electron chi connectivity index (χ1n) is 8.57. The molecule has 0 bridgehead atoms. The van der Waals surface area contributed by atoms with Crippen LogP contribution in [0.4, 0.5) is 4.79 Å². The Labute approximate surface area is 142 Å². The minimum atomic E-state index is -0.241. The Morgan fingerprint density at radius 2 is 2.33 bits per heavy atom. The van der Waals surface area contributed by atoms with Crippen LogP contribution < -0.4 is 0 Å². The second-order valence-electron chi connectivity index (χ2n) is 6.43. The van der Waals surface area contributed by atoms with Gasteiger partial charge in [-0.3, -0.25) is 0 Å². The molecule has 0 saturated heterocycles. The molecule has 1 N–H and O–H groups in total. The van der Waals surface area contributed by atoms with E-state index < -0.39 is 0 Å². The molecule has 1 aliphatic carbocycles. The molecule has 1 atom stereocenters. The van der Waals surface area contributed by atoms with E-state index in [1.165, 1.54) is 11.3 Å². The largest absolute Gasteiger partial charge is 0.449 e. The lowest BCUT2D eigenvalue weighted by Gasteiger charge is -2.30. The molecule has 0 aliphatic heterocycles. The van der Waals surface area contributed by atoms with E-state index in [9.17, 15) is 4.79 Å². The summed E-state index contributed by atoms with van der Waals surface area (Å²) in [5.41, 5.74) is 4.18. The summed E-state index contributed by atoms with van der Waals surface area (Å²) >= 11 is 0. The van der Waals surface area contributed by atoms with Gasteiger partial charge in [-0.1, -0.05) is 13.3 Å². The first-order valence-corrected chi connectivity index (χ1v) is 8.57. The number of nitriles is 1. The fourth-order valence-electron chi connectivity index (χ4n) is 3.35. The van der Waals surface area contributed by atoms with E-state index in [4.69, 9.17) is 10.00 Å². The summed E-state index contributed by atoms with van der Waals surface area (Å²) in [5.74, 6) is 0. The van der Waals surface area contributed by atoms with Crippen LogP contribution in [-0.4, -0.2) is 35.7 Å². The highest BCUT2D eigenvalue weighted by atomic mass is 16.6. The zero-order valence-corrected chi connectivity index (χ0v) is 14.3. The SMILES string of the molecule is CCCCOC(=O)N(C)C1CCc2[nH]c3ccc(C#N)cc3c2C1. The number of carbonyl (C=O) groups is 1. The molecule has 3 rings (SSSR count). The Morgan fingerprint density at radius 1 is 1.50 bits per heavy atom. The van der Waals surface area contributed by atoms with Crippen molar-refractivity contribution in [1.82, 2.24) is 9.88 Å². The number of rotatable bonds is 4. The van der Waals surface area contributed by atoms with Gasteiger partial charge in [0.1, 0.15) is 0 Å². The summed E-state index contributed by atoms with van der Waals surface area (Å²) in [4.78, 5) is 17.4. The van der Waals surface area contributed by atoms with Gasteiger partial charge in [0.25, 0.3) is 0 Å². The third kappa shape index (κ3) is 3.09. The highest BCUT2D eigenvalue weighted by Crippen LogP contribution is 2.31. The maximum Gasteiger partial charge on any atom is 0.409 e. The number of H-pyrrole nitrogens is 1. The van der Waals surface area contributed by atoms with Crippen LogP contribution in [0.1, 0.15) is 43.0 Å². The van der Waals surface area contributed by atoms with Crippen LogP contribution in [-0.2, 0) is 17.6 Å². The molecule has 5 heteroatoms. The zero-order chi connectivity index (χ0) is 17.1. The number of hydrogen-bond donors (Lipinski definition) is 1. The lowest BCUT2D eigenvalue weighted by atomic mass is 9.90. The van der Waals surface area contributed by atoms with Crippen molar-refractivity contribution in [2.24, 2.45) is 0 Å². The van der Waals surface area contributed by atoms with Crippen molar-refractivity contribution < 1.29 is 9.53 Å². The Hall–Kier alpha value is -2.48. The maximum atomic E-state index is 12.2. The van der Waals surface area contributed by atoms with Gasteiger partial charge in [-0.2, -0.15) is 5.26 Å². The van der Waals surface area contributed by atoms with Crippen LogP contribution in [0.5, 0.6) is 0 Å². The number of aromatic nitrogens is 1. The molecule has 0 saturated carbocycles. The Balaban J connectivity index is 1.78. The van der Waals surface area contributed by atoms with Crippen LogP contribution in [0.2, 0.25) is 0 Å². The van der Waals surface area contributed by atoms with E-state index in [0.29, 0.717) is 12.2 Å². The third-order valence-corrected chi connectivity index (χ3v) is 4.85. The van der Waals surface area contributed by atoms with Gasteiger partial charge in [-0.15, -0.1) is 0 Å². The Morgan fingerprint density at radius 3 is 3.08 bits per heavy atom. The first-order chi connectivity index (χ1) is 11.6. The number of benzene rings is 1. The Bertz CT molecular complexity index is 788. The minimum Gasteiger partial charge on any atom is -0.449 e. The number of carbonyl (C=O) groups excluding carboxylic acids is 1. The third-order valence-electron chi connectivity index (χ3n) is 4.85. The van der Waals surface area contributed by atoms with E-state index in [2.05, 4.69) is 18.0 Å². The summed E-state index contributed by atoms with van der Waals surface area (Å²) in [7, 11) is 1.82. The molecule has 1 aromatic heterocycles. The summed E-state index contributed by atoms with van der Waals surface area (Å²) in [6.45, 7) is 2.56. The molecule has 1 heterocycles. The minimum absolute atomic E-state index is 0.136. The number of likely N-dealkylation sites (N-methyl/N-ethyl adjacent to an activating group) is 1.